The highest BCUT2D eigenvalue weighted by atomic mass is 19.1. The van der Waals surface area contributed by atoms with Gasteiger partial charge in [-0.3, -0.25) is 14.6 Å². The third-order valence-corrected chi connectivity index (χ3v) is 13.2. The second-order valence-electron chi connectivity index (χ2n) is 19.0. The number of unbranched alkanes of at least 4 members (excludes halogenated alkanes) is 1. The van der Waals surface area contributed by atoms with Crippen molar-refractivity contribution in [1.82, 2.24) is 35.4 Å². The first-order valence-electron chi connectivity index (χ1n) is 22.7. The molecule has 64 heavy (non-hydrogen) atoms. The Balaban J connectivity index is 0.867. The molecule has 4 saturated heterocycles. The van der Waals surface area contributed by atoms with Crippen LogP contribution in [0.1, 0.15) is 84.6 Å². The van der Waals surface area contributed by atoms with Gasteiger partial charge in [0, 0.05) is 81.0 Å². The number of halogens is 2. The Morgan fingerprint density at radius 3 is 2.48 bits per heavy atom. The number of benzene rings is 2. The number of piperidine rings is 1. The van der Waals surface area contributed by atoms with Crippen molar-refractivity contribution in [3.05, 3.63) is 47.7 Å². The first-order valence-corrected chi connectivity index (χ1v) is 22.7. The monoisotopic (exact) mass is 882 g/mol. The van der Waals surface area contributed by atoms with E-state index in [4.69, 9.17) is 20.9 Å². The lowest BCUT2D eigenvalue weighted by molar-refractivity contribution is -0.140. The Hall–Kier alpha value is -5.21. The van der Waals surface area contributed by atoms with Crippen molar-refractivity contribution in [2.45, 2.75) is 115 Å². The molecule has 0 radical (unpaired) electrons. The van der Waals surface area contributed by atoms with Crippen LogP contribution in [0.5, 0.6) is 11.8 Å². The van der Waals surface area contributed by atoms with Crippen molar-refractivity contribution in [1.29, 1.82) is 0 Å². The minimum Gasteiger partial charge on any atom is -0.508 e. The summed E-state index contributed by atoms with van der Waals surface area (Å²) in [5, 5.41) is 28.4. The summed E-state index contributed by atoms with van der Waals surface area (Å²) in [7, 11) is 0. The number of likely N-dealkylation sites (tertiary alicyclic amines) is 2. The molecular formula is C48H60F2N8O6. The van der Waals surface area contributed by atoms with Crippen molar-refractivity contribution in [3.8, 4) is 35.4 Å². The number of hydrogen-bond donors (Lipinski definition) is 4. The maximum atomic E-state index is 17.0. The minimum atomic E-state index is -0.749. The number of carbonyl (C=O) groups is 2. The van der Waals surface area contributed by atoms with E-state index in [1.807, 2.05) is 27.7 Å². The third kappa shape index (κ3) is 9.88. The molecule has 4 N–H and O–H groups in total. The van der Waals surface area contributed by atoms with E-state index < -0.39 is 29.2 Å². The van der Waals surface area contributed by atoms with Gasteiger partial charge in [0.15, 0.2) is 5.82 Å². The number of phenols is 1. The smallest absolute Gasteiger partial charge is 0.319 e. The number of amides is 2. The zero-order chi connectivity index (χ0) is 45.3. The van der Waals surface area contributed by atoms with Crippen molar-refractivity contribution in [2.24, 2.45) is 5.41 Å². The molecule has 6 heterocycles. The van der Waals surface area contributed by atoms with E-state index in [1.54, 1.807) is 11.1 Å². The lowest BCUT2D eigenvalue weighted by Crippen LogP contribution is -2.55. The number of aliphatic hydroxyl groups excluding tert-OH is 1. The van der Waals surface area contributed by atoms with E-state index in [1.165, 1.54) is 24.3 Å². The number of carbonyl (C=O) groups excluding carboxylic acids is 2. The van der Waals surface area contributed by atoms with Gasteiger partial charge in [-0.1, -0.05) is 32.8 Å². The van der Waals surface area contributed by atoms with Crippen LogP contribution in [0.15, 0.2) is 30.5 Å². The number of phenolic OH excluding ortho intramolecular Hbond substituents is 1. The topological polar surface area (TPSA) is 166 Å². The number of aromatic nitrogens is 3. The molecule has 8 rings (SSSR count). The number of aromatic hydroxyl groups is 1. The highest BCUT2D eigenvalue weighted by molar-refractivity contribution is 6.03. The molecule has 16 heteroatoms. The number of terminal acetylenes is 1. The molecule has 2 aromatic carbocycles. The summed E-state index contributed by atoms with van der Waals surface area (Å²) in [5.41, 5.74) is -0.494. The summed E-state index contributed by atoms with van der Waals surface area (Å²) >= 11 is 0. The number of pyridine rings is 1. The molecule has 0 aliphatic carbocycles. The number of ether oxygens (including phenoxy) is 2. The van der Waals surface area contributed by atoms with Gasteiger partial charge in [-0.05, 0) is 87.4 Å². The third-order valence-electron chi connectivity index (χ3n) is 13.2. The molecule has 2 amide bonds. The van der Waals surface area contributed by atoms with Crippen molar-refractivity contribution in [2.75, 3.05) is 57.4 Å². The Kier molecular flexibility index (Phi) is 13.5. The SMILES string of the molecule is C#Cc1c(F)ccc2cc(O)cc(-c3ncc4c(N5CC6CCC(C5)N6)nc(OC5CCN(CCCCOCCC(=O)N[C@H](C(=O)N6C[C@H](O)C[C@H]6C)C(C)(C)C)CC5)nc4c3F)c12. The number of piperazine rings is 1. The number of nitrogens with zero attached hydrogens (tertiary/aromatic N) is 6. The standard InChI is InChI=1S/C48H60F2N8O6/c1-6-35-38(49)12-9-29-22-32(59)23-36(40(29)35)42-41(50)43-37(24-51-42)45(57-25-30-10-11-31(26-57)52-30)55-47(54-43)64-34-13-17-56(18-14-34)16-7-8-19-63-20-15-39(61)53-44(48(3,4)5)46(62)58-27-33(60)21-28(58)2/h1,9,12,22-24,28,30-31,33-34,44,52,59-60H,7-8,10-11,13-21,25-27H2,2-5H3,(H,53,61)/t28-,30?,31?,33-,44-/m1/s1. The van der Waals surface area contributed by atoms with Gasteiger partial charge in [-0.15, -0.1) is 6.42 Å². The van der Waals surface area contributed by atoms with E-state index >= 15 is 4.39 Å². The lowest BCUT2D eigenvalue weighted by atomic mass is 9.85. The predicted molar refractivity (Wildman–Crippen MR) is 240 cm³/mol. The number of aliphatic hydroxyl groups is 1. The fourth-order valence-corrected chi connectivity index (χ4v) is 9.79. The Labute approximate surface area is 373 Å². The maximum absolute atomic E-state index is 17.0. The van der Waals surface area contributed by atoms with Gasteiger partial charge in [-0.25, -0.2) is 8.78 Å². The van der Waals surface area contributed by atoms with Gasteiger partial charge < -0.3 is 45.0 Å². The van der Waals surface area contributed by atoms with Crippen LogP contribution in [0.4, 0.5) is 14.6 Å². The van der Waals surface area contributed by atoms with Crippen molar-refractivity contribution >= 4 is 39.3 Å². The molecule has 0 saturated carbocycles. The second-order valence-corrected chi connectivity index (χ2v) is 19.0. The van der Waals surface area contributed by atoms with E-state index in [0.717, 1.165) is 58.2 Å². The van der Waals surface area contributed by atoms with Crippen LogP contribution in [-0.4, -0.2) is 136 Å². The molecule has 4 aromatic rings. The lowest BCUT2D eigenvalue weighted by Gasteiger charge is -2.35. The van der Waals surface area contributed by atoms with Crippen LogP contribution < -0.4 is 20.3 Å². The highest BCUT2D eigenvalue weighted by Gasteiger charge is 2.41. The average Bonchev–Trinajstić information content (AvgIpc) is 3.79. The average molecular weight is 883 g/mol. The number of anilines is 1. The number of β-amino-alcohol motifs (C(OH)–C–C–N with tert-alkyl or cyclic N) is 1. The zero-order valence-electron chi connectivity index (χ0n) is 37.2. The van der Waals surface area contributed by atoms with Crippen LogP contribution >= 0.6 is 0 Å². The van der Waals surface area contributed by atoms with Crippen molar-refractivity contribution < 1.29 is 38.1 Å². The predicted octanol–water partition coefficient (Wildman–Crippen LogP) is 5.29. The minimum absolute atomic E-state index is 0.0178. The van der Waals surface area contributed by atoms with Crippen LogP contribution in [0, 0.1) is 29.4 Å². The summed E-state index contributed by atoms with van der Waals surface area (Å²) < 4.78 is 44.2. The van der Waals surface area contributed by atoms with Crippen LogP contribution in [0.2, 0.25) is 0 Å². The van der Waals surface area contributed by atoms with Gasteiger partial charge in [-0.2, -0.15) is 9.97 Å². The fraction of sp³-hybridized carbons (Fsp3) is 0.562. The number of hydrogen-bond acceptors (Lipinski definition) is 12. The fourth-order valence-electron chi connectivity index (χ4n) is 9.79. The first-order chi connectivity index (χ1) is 30.7. The van der Waals surface area contributed by atoms with Crippen molar-refractivity contribution in [3.63, 3.8) is 0 Å². The van der Waals surface area contributed by atoms with Gasteiger partial charge in [0.25, 0.3) is 0 Å². The van der Waals surface area contributed by atoms with E-state index in [-0.39, 0.29) is 95.1 Å². The summed E-state index contributed by atoms with van der Waals surface area (Å²) in [4.78, 5) is 46.5. The van der Waals surface area contributed by atoms with E-state index in [0.29, 0.717) is 42.7 Å². The quantitative estimate of drug-likeness (QED) is 0.0957. The van der Waals surface area contributed by atoms with Crippen LogP contribution in [-0.2, 0) is 14.3 Å². The Morgan fingerprint density at radius 2 is 1.80 bits per heavy atom. The van der Waals surface area contributed by atoms with Gasteiger partial charge in [0.2, 0.25) is 11.8 Å². The van der Waals surface area contributed by atoms with Gasteiger partial charge in [0.1, 0.15) is 40.7 Å². The Morgan fingerprint density at radius 1 is 1.05 bits per heavy atom. The van der Waals surface area contributed by atoms with Gasteiger partial charge in [0.05, 0.1) is 23.7 Å². The molecule has 4 fully saturated rings. The normalized spacial score (nSPS) is 22.3. The number of rotatable bonds is 14. The molecule has 5 atom stereocenters. The second kappa shape index (κ2) is 19.1. The highest BCUT2D eigenvalue weighted by Crippen LogP contribution is 2.39. The number of nitrogens with one attached hydrogen (secondary N) is 2. The molecule has 342 valence electrons. The molecule has 4 aliphatic heterocycles. The molecule has 0 spiro atoms. The first kappa shape index (κ1) is 45.4. The molecule has 2 bridgehead atoms. The molecule has 4 aliphatic rings. The zero-order valence-corrected chi connectivity index (χ0v) is 37.2. The molecule has 2 aromatic heterocycles. The van der Waals surface area contributed by atoms with Crippen LogP contribution in [0.3, 0.4) is 0 Å². The summed E-state index contributed by atoms with van der Waals surface area (Å²) in [6, 6.07) is 5.38. The van der Waals surface area contributed by atoms with E-state index in [9.17, 15) is 24.2 Å². The summed E-state index contributed by atoms with van der Waals surface area (Å²) in [6.07, 6.45) is 12.5. The van der Waals surface area contributed by atoms with Gasteiger partial charge >= 0.3 is 6.01 Å². The van der Waals surface area contributed by atoms with E-state index in [2.05, 4.69) is 36.3 Å². The Bertz CT molecular complexity index is 2400. The molecule has 2 unspecified atom stereocenters. The molecule has 14 nitrogen and oxygen atoms in total. The van der Waals surface area contributed by atoms with Crippen LogP contribution in [0.25, 0.3) is 32.9 Å². The summed E-state index contributed by atoms with van der Waals surface area (Å²) in [6.45, 7) is 12.6. The summed E-state index contributed by atoms with van der Waals surface area (Å²) in [5.74, 6) is 1.00. The maximum Gasteiger partial charge on any atom is 0.319 e. The molecular weight excluding hydrogens is 823 g/mol. The largest absolute Gasteiger partial charge is 0.508 e. The number of fused-ring (bicyclic) bond motifs is 4.